The van der Waals surface area contributed by atoms with Crippen LogP contribution in [0.5, 0.6) is 0 Å². The zero-order chi connectivity index (χ0) is 9.19. The molecule has 0 saturated carbocycles. The van der Waals surface area contributed by atoms with E-state index in [0.717, 1.165) is 6.42 Å². The molecule has 0 aromatic carbocycles. The molecule has 1 heterocycles. The van der Waals surface area contributed by atoms with Gasteiger partial charge in [0.05, 0.1) is 0 Å². The molecule has 0 bridgehead atoms. The Morgan fingerprint density at radius 2 is 2.42 bits per heavy atom. The van der Waals surface area contributed by atoms with Crippen molar-refractivity contribution in [2.45, 2.75) is 43.9 Å². The van der Waals surface area contributed by atoms with Gasteiger partial charge in [0.15, 0.2) is 0 Å². The summed E-state index contributed by atoms with van der Waals surface area (Å²) in [6.07, 6.45) is 3.57. The van der Waals surface area contributed by atoms with Crippen LogP contribution in [0, 0.1) is 0 Å². The standard InChI is InChI=1S/C10H19NS/c1-8(2)7-9(11)10(3)5-4-6-12-10/h9H,1,4-7,11H2,2-3H3. The average molecular weight is 185 g/mol. The predicted octanol–water partition coefficient (Wildman–Crippen LogP) is 2.57. The maximum absolute atomic E-state index is 6.13. The molecule has 1 rings (SSSR count). The van der Waals surface area contributed by atoms with Gasteiger partial charge >= 0.3 is 0 Å². The molecule has 2 heteroatoms. The highest BCUT2D eigenvalue weighted by atomic mass is 32.2. The van der Waals surface area contributed by atoms with Gasteiger partial charge in [-0.25, -0.2) is 0 Å². The number of rotatable bonds is 3. The fraction of sp³-hybridized carbons (Fsp3) is 0.800. The molecular formula is C10H19NS. The summed E-state index contributed by atoms with van der Waals surface area (Å²) in [6.45, 7) is 8.26. The highest BCUT2D eigenvalue weighted by molar-refractivity contribution is 8.00. The van der Waals surface area contributed by atoms with Crippen LogP contribution in [0.4, 0.5) is 0 Å². The molecule has 1 fully saturated rings. The maximum atomic E-state index is 6.13. The lowest BCUT2D eigenvalue weighted by Gasteiger charge is -2.30. The third kappa shape index (κ3) is 2.27. The first-order chi connectivity index (χ1) is 5.54. The van der Waals surface area contributed by atoms with Gasteiger partial charge in [0.1, 0.15) is 0 Å². The van der Waals surface area contributed by atoms with Crippen molar-refractivity contribution in [2.75, 3.05) is 5.75 Å². The van der Waals surface area contributed by atoms with Crippen molar-refractivity contribution in [3.8, 4) is 0 Å². The van der Waals surface area contributed by atoms with Crippen LogP contribution in [0.3, 0.4) is 0 Å². The average Bonchev–Trinajstić information content (AvgIpc) is 2.36. The first-order valence-electron chi connectivity index (χ1n) is 4.58. The highest BCUT2D eigenvalue weighted by Gasteiger charge is 2.35. The summed E-state index contributed by atoms with van der Waals surface area (Å²) in [5.74, 6) is 1.28. The van der Waals surface area contributed by atoms with Gasteiger partial charge in [-0.2, -0.15) is 11.8 Å². The van der Waals surface area contributed by atoms with Crippen LogP contribution >= 0.6 is 11.8 Å². The smallest absolute Gasteiger partial charge is 0.0286 e. The Kier molecular flexibility index (Phi) is 3.24. The highest BCUT2D eigenvalue weighted by Crippen LogP contribution is 2.41. The van der Waals surface area contributed by atoms with E-state index >= 15 is 0 Å². The van der Waals surface area contributed by atoms with Crippen molar-refractivity contribution in [1.29, 1.82) is 0 Å². The molecule has 1 aliphatic rings. The second kappa shape index (κ2) is 3.84. The largest absolute Gasteiger partial charge is 0.326 e. The summed E-state index contributed by atoms with van der Waals surface area (Å²) in [4.78, 5) is 0. The lowest BCUT2D eigenvalue weighted by atomic mass is 9.92. The van der Waals surface area contributed by atoms with E-state index in [1.165, 1.54) is 24.2 Å². The van der Waals surface area contributed by atoms with Crippen LogP contribution in [0.2, 0.25) is 0 Å². The van der Waals surface area contributed by atoms with Gasteiger partial charge in [-0.3, -0.25) is 0 Å². The van der Waals surface area contributed by atoms with Crippen molar-refractivity contribution in [3.05, 3.63) is 12.2 Å². The van der Waals surface area contributed by atoms with E-state index in [9.17, 15) is 0 Å². The third-order valence-corrected chi connectivity index (χ3v) is 4.26. The Labute approximate surface area is 79.8 Å². The van der Waals surface area contributed by atoms with Crippen molar-refractivity contribution in [3.63, 3.8) is 0 Å². The Morgan fingerprint density at radius 1 is 1.75 bits per heavy atom. The molecule has 1 aliphatic heterocycles. The number of nitrogens with two attached hydrogens (primary N) is 1. The third-order valence-electron chi connectivity index (χ3n) is 2.60. The molecular weight excluding hydrogens is 166 g/mol. The first kappa shape index (κ1) is 10.1. The van der Waals surface area contributed by atoms with Crippen molar-refractivity contribution in [1.82, 2.24) is 0 Å². The number of hydrogen-bond acceptors (Lipinski definition) is 2. The van der Waals surface area contributed by atoms with Crippen LogP contribution in [-0.2, 0) is 0 Å². The number of thioether (sulfide) groups is 1. The summed E-state index contributed by atoms with van der Waals surface area (Å²) >= 11 is 2.03. The molecule has 1 saturated heterocycles. The van der Waals surface area contributed by atoms with E-state index in [-0.39, 0.29) is 0 Å². The summed E-state index contributed by atoms with van der Waals surface area (Å²) in [7, 11) is 0. The van der Waals surface area contributed by atoms with Gasteiger partial charge in [0.2, 0.25) is 0 Å². The van der Waals surface area contributed by atoms with E-state index in [4.69, 9.17) is 5.73 Å². The predicted molar refractivity (Wildman–Crippen MR) is 57.5 cm³/mol. The molecule has 2 unspecified atom stereocenters. The topological polar surface area (TPSA) is 26.0 Å². The van der Waals surface area contributed by atoms with Gasteiger partial charge in [-0.15, -0.1) is 6.58 Å². The molecule has 0 spiro atoms. The quantitative estimate of drug-likeness (QED) is 0.684. The van der Waals surface area contributed by atoms with E-state index in [1.807, 2.05) is 11.8 Å². The van der Waals surface area contributed by atoms with Crippen LogP contribution in [0.1, 0.15) is 33.1 Å². The van der Waals surface area contributed by atoms with Gasteiger partial charge in [0, 0.05) is 10.8 Å². The normalized spacial score (nSPS) is 31.9. The zero-order valence-corrected chi connectivity index (χ0v) is 8.91. The number of hydrogen-bond donors (Lipinski definition) is 1. The molecule has 1 nitrogen and oxygen atoms in total. The monoisotopic (exact) mass is 185 g/mol. The second-order valence-electron chi connectivity index (χ2n) is 4.03. The van der Waals surface area contributed by atoms with Crippen molar-refractivity contribution in [2.24, 2.45) is 5.73 Å². The van der Waals surface area contributed by atoms with Crippen LogP contribution in [-0.4, -0.2) is 16.5 Å². The summed E-state index contributed by atoms with van der Waals surface area (Å²) in [5, 5.41) is 0. The van der Waals surface area contributed by atoms with Gasteiger partial charge < -0.3 is 5.73 Å². The Balaban J connectivity index is 2.49. The minimum absolute atomic E-state index is 0.294. The lowest BCUT2D eigenvalue weighted by molar-refractivity contribution is 0.481. The van der Waals surface area contributed by atoms with Crippen LogP contribution < -0.4 is 5.73 Å². The first-order valence-corrected chi connectivity index (χ1v) is 5.57. The van der Waals surface area contributed by atoms with Gasteiger partial charge in [0.25, 0.3) is 0 Å². The van der Waals surface area contributed by atoms with Gasteiger partial charge in [-0.05, 0) is 38.9 Å². The molecule has 70 valence electrons. The van der Waals surface area contributed by atoms with E-state index in [2.05, 4.69) is 20.4 Å². The minimum atomic E-state index is 0.294. The zero-order valence-electron chi connectivity index (χ0n) is 8.10. The van der Waals surface area contributed by atoms with E-state index in [1.54, 1.807) is 0 Å². The molecule has 0 aliphatic carbocycles. The molecule has 0 radical (unpaired) electrons. The fourth-order valence-electron chi connectivity index (χ4n) is 1.68. The lowest BCUT2D eigenvalue weighted by Crippen LogP contribution is -2.41. The Hall–Kier alpha value is 0.0500. The Bertz CT molecular complexity index is 171. The van der Waals surface area contributed by atoms with Crippen molar-refractivity contribution >= 4 is 11.8 Å². The van der Waals surface area contributed by atoms with E-state index in [0.29, 0.717) is 10.8 Å². The SMILES string of the molecule is C=C(C)CC(N)C1(C)CCCS1. The maximum Gasteiger partial charge on any atom is 0.0286 e. The van der Waals surface area contributed by atoms with Gasteiger partial charge in [-0.1, -0.05) is 5.57 Å². The van der Waals surface area contributed by atoms with Crippen LogP contribution in [0.15, 0.2) is 12.2 Å². The second-order valence-corrected chi connectivity index (χ2v) is 5.66. The molecule has 0 aromatic heterocycles. The molecule has 0 amide bonds. The Morgan fingerprint density at radius 3 is 2.83 bits per heavy atom. The summed E-state index contributed by atoms with van der Waals surface area (Å²) in [6, 6.07) is 0.294. The van der Waals surface area contributed by atoms with E-state index < -0.39 is 0 Å². The molecule has 2 N–H and O–H groups in total. The summed E-state index contributed by atoms with van der Waals surface area (Å²) in [5.41, 5.74) is 7.34. The molecule has 12 heavy (non-hydrogen) atoms. The molecule has 0 aromatic rings. The minimum Gasteiger partial charge on any atom is -0.326 e. The summed E-state index contributed by atoms with van der Waals surface area (Å²) < 4.78 is 0.318. The molecule has 2 atom stereocenters. The fourth-order valence-corrected chi connectivity index (χ4v) is 3.03. The van der Waals surface area contributed by atoms with Crippen LogP contribution in [0.25, 0.3) is 0 Å². The van der Waals surface area contributed by atoms with Crippen molar-refractivity contribution < 1.29 is 0 Å².